The minimum Gasteiger partial charge on any atom is -0.460 e. The minimum atomic E-state index is -0.454. The second kappa shape index (κ2) is 4.78. The van der Waals surface area contributed by atoms with E-state index in [2.05, 4.69) is 5.10 Å². The SMILES string of the molecule is Cc1ccc(-c2nn(-c3ccccc3[N+](=O)[O-])cc2N)o1. The Labute approximate surface area is 119 Å². The molecule has 0 amide bonds. The van der Waals surface area contributed by atoms with Gasteiger partial charge in [-0.2, -0.15) is 5.10 Å². The number of nitrogens with two attached hydrogens (primary N) is 1. The lowest BCUT2D eigenvalue weighted by Crippen LogP contribution is -2.00. The first-order valence-electron chi connectivity index (χ1n) is 6.22. The average Bonchev–Trinajstić information content (AvgIpc) is 3.04. The molecule has 0 unspecified atom stereocenters. The van der Waals surface area contributed by atoms with Crippen LogP contribution in [-0.2, 0) is 0 Å². The highest BCUT2D eigenvalue weighted by molar-refractivity contribution is 5.69. The standard InChI is InChI=1S/C14H12N4O3/c1-9-6-7-13(21-9)14-10(15)8-17(16-14)11-4-2-3-5-12(11)18(19)20/h2-8H,15H2,1H3. The summed E-state index contributed by atoms with van der Waals surface area (Å²) in [7, 11) is 0. The zero-order valence-corrected chi connectivity index (χ0v) is 11.2. The monoisotopic (exact) mass is 284 g/mol. The number of furan rings is 1. The zero-order chi connectivity index (χ0) is 15.0. The second-order valence-electron chi connectivity index (χ2n) is 4.53. The van der Waals surface area contributed by atoms with Gasteiger partial charge in [-0.15, -0.1) is 0 Å². The summed E-state index contributed by atoms with van der Waals surface area (Å²) < 4.78 is 6.88. The van der Waals surface area contributed by atoms with Crippen LogP contribution in [0.2, 0.25) is 0 Å². The minimum absolute atomic E-state index is 0.0397. The van der Waals surface area contributed by atoms with E-state index in [4.69, 9.17) is 10.2 Å². The zero-order valence-electron chi connectivity index (χ0n) is 11.2. The van der Waals surface area contributed by atoms with Crippen LogP contribution < -0.4 is 5.73 Å². The molecule has 0 saturated carbocycles. The van der Waals surface area contributed by atoms with Crippen molar-refractivity contribution >= 4 is 11.4 Å². The predicted octanol–water partition coefficient (Wildman–Crippen LogP) is 2.93. The van der Waals surface area contributed by atoms with E-state index in [0.29, 0.717) is 22.8 Å². The number of aryl methyl sites for hydroxylation is 1. The van der Waals surface area contributed by atoms with Crippen molar-refractivity contribution in [2.24, 2.45) is 0 Å². The molecule has 3 aromatic rings. The van der Waals surface area contributed by atoms with Crippen LogP contribution in [-0.4, -0.2) is 14.7 Å². The van der Waals surface area contributed by atoms with Crippen molar-refractivity contribution in [2.75, 3.05) is 5.73 Å². The van der Waals surface area contributed by atoms with Gasteiger partial charge in [-0.25, -0.2) is 4.68 Å². The predicted molar refractivity (Wildman–Crippen MR) is 77.1 cm³/mol. The van der Waals surface area contributed by atoms with E-state index >= 15 is 0 Å². The number of rotatable bonds is 3. The van der Waals surface area contributed by atoms with Gasteiger partial charge < -0.3 is 10.2 Å². The maximum atomic E-state index is 11.1. The molecular weight excluding hydrogens is 272 g/mol. The van der Waals surface area contributed by atoms with Crippen molar-refractivity contribution in [3.05, 3.63) is 58.5 Å². The Kier molecular flexibility index (Phi) is 2.94. The van der Waals surface area contributed by atoms with Crippen LogP contribution in [0, 0.1) is 17.0 Å². The topological polar surface area (TPSA) is 100 Å². The Bertz CT molecular complexity index is 819. The summed E-state index contributed by atoms with van der Waals surface area (Å²) in [6.45, 7) is 1.82. The quantitative estimate of drug-likeness (QED) is 0.588. The van der Waals surface area contributed by atoms with Crippen LogP contribution in [0.15, 0.2) is 47.0 Å². The summed E-state index contributed by atoms with van der Waals surface area (Å²) >= 11 is 0. The van der Waals surface area contributed by atoms with Gasteiger partial charge in [0.1, 0.15) is 11.4 Å². The van der Waals surface area contributed by atoms with Crippen molar-refractivity contribution in [2.45, 2.75) is 6.92 Å². The van der Waals surface area contributed by atoms with Crippen LogP contribution in [0.4, 0.5) is 11.4 Å². The van der Waals surface area contributed by atoms with Crippen LogP contribution in [0.3, 0.4) is 0 Å². The number of nitro groups is 1. The molecule has 2 N–H and O–H groups in total. The number of nitrogens with zero attached hydrogens (tertiary/aromatic N) is 3. The maximum Gasteiger partial charge on any atom is 0.294 e. The second-order valence-corrected chi connectivity index (χ2v) is 4.53. The number of para-hydroxylation sites is 2. The largest absolute Gasteiger partial charge is 0.460 e. The van der Waals surface area contributed by atoms with E-state index in [1.807, 2.05) is 6.92 Å². The fourth-order valence-electron chi connectivity index (χ4n) is 2.08. The Hall–Kier alpha value is -3.09. The summed E-state index contributed by atoms with van der Waals surface area (Å²) in [5.74, 6) is 1.27. The van der Waals surface area contributed by atoms with E-state index in [1.165, 1.54) is 16.9 Å². The van der Waals surface area contributed by atoms with Gasteiger partial charge in [0.05, 0.1) is 16.8 Å². The lowest BCUT2D eigenvalue weighted by Gasteiger charge is -2.01. The molecule has 0 saturated heterocycles. The van der Waals surface area contributed by atoms with Gasteiger partial charge in [0, 0.05) is 6.07 Å². The van der Waals surface area contributed by atoms with Crippen LogP contribution in [0.1, 0.15) is 5.76 Å². The molecule has 106 valence electrons. The molecule has 7 heteroatoms. The van der Waals surface area contributed by atoms with Gasteiger partial charge in [-0.05, 0) is 25.1 Å². The number of nitro benzene ring substituents is 1. The first kappa shape index (κ1) is 12.9. The summed E-state index contributed by atoms with van der Waals surface area (Å²) in [6.07, 6.45) is 1.54. The molecule has 2 aromatic heterocycles. The molecule has 0 fully saturated rings. The third-order valence-electron chi connectivity index (χ3n) is 3.04. The van der Waals surface area contributed by atoms with Crippen molar-refractivity contribution < 1.29 is 9.34 Å². The van der Waals surface area contributed by atoms with E-state index < -0.39 is 4.92 Å². The Morgan fingerprint density at radius 2 is 2.05 bits per heavy atom. The van der Waals surface area contributed by atoms with E-state index in [9.17, 15) is 10.1 Å². The molecule has 1 aromatic carbocycles. The number of benzene rings is 1. The summed E-state index contributed by atoms with van der Waals surface area (Å²) in [6, 6.07) is 9.91. The Morgan fingerprint density at radius 3 is 2.71 bits per heavy atom. The summed E-state index contributed by atoms with van der Waals surface area (Å²) in [4.78, 5) is 10.6. The summed E-state index contributed by atoms with van der Waals surface area (Å²) in [5, 5.41) is 15.4. The number of hydrogen-bond donors (Lipinski definition) is 1. The molecule has 21 heavy (non-hydrogen) atoms. The normalized spacial score (nSPS) is 10.7. The molecule has 0 aliphatic rings. The van der Waals surface area contributed by atoms with Gasteiger partial charge >= 0.3 is 0 Å². The van der Waals surface area contributed by atoms with Crippen LogP contribution in [0.25, 0.3) is 17.1 Å². The first-order valence-corrected chi connectivity index (χ1v) is 6.22. The molecule has 0 bridgehead atoms. The summed E-state index contributed by atoms with van der Waals surface area (Å²) in [5.41, 5.74) is 7.09. The maximum absolute atomic E-state index is 11.1. The van der Waals surface area contributed by atoms with Crippen molar-refractivity contribution in [1.29, 1.82) is 0 Å². The van der Waals surface area contributed by atoms with Gasteiger partial charge in [0.2, 0.25) is 0 Å². The molecule has 0 aliphatic carbocycles. The highest BCUT2D eigenvalue weighted by Gasteiger charge is 2.18. The van der Waals surface area contributed by atoms with Crippen LogP contribution in [0.5, 0.6) is 0 Å². The number of hydrogen-bond acceptors (Lipinski definition) is 5. The molecule has 0 radical (unpaired) electrons. The fraction of sp³-hybridized carbons (Fsp3) is 0.0714. The fourth-order valence-corrected chi connectivity index (χ4v) is 2.08. The van der Waals surface area contributed by atoms with Gasteiger partial charge in [0.25, 0.3) is 5.69 Å². The van der Waals surface area contributed by atoms with Crippen LogP contribution >= 0.6 is 0 Å². The molecule has 0 aliphatic heterocycles. The van der Waals surface area contributed by atoms with E-state index in [-0.39, 0.29) is 5.69 Å². The Balaban J connectivity index is 2.12. The van der Waals surface area contributed by atoms with E-state index in [0.717, 1.165) is 5.76 Å². The third-order valence-corrected chi connectivity index (χ3v) is 3.04. The van der Waals surface area contributed by atoms with E-state index in [1.54, 1.807) is 30.3 Å². The molecule has 0 spiro atoms. The third kappa shape index (κ3) is 2.25. The van der Waals surface area contributed by atoms with Gasteiger partial charge in [-0.3, -0.25) is 10.1 Å². The van der Waals surface area contributed by atoms with Gasteiger partial charge in [-0.1, -0.05) is 12.1 Å². The lowest BCUT2D eigenvalue weighted by atomic mass is 10.3. The molecule has 7 nitrogen and oxygen atoms in total. The number of aromatic nitrogens is 2. The van der Waals surface area contributed by atoms with Crippen molar-refractivity contribution in [3.63, 3.8) is 0 Å². The molecular formula is C14H12N4O3. The first-order chi connectivity index (χ1) is 10.1. The van der Waals surface area contributed by atoms with Gasteiger partial charge in [0.15, 0.2) is 11.5 Å². The molecule has 2 heterocycles. The Morgan fingerprint density at radius 1 is 1.29 bits per heavy atom. The van der Waals surface area contributed by atoms with Crippen molar-refractivity contribution in [1.82, 2.24) is 9.78 Å². The smallest absolute Gasteiger partial charge is 0.294 e. The van der Waals surface area contributed by atoms with Crippen molar-refractivity contribution in [3.8, 4) is 17.1 Å². The number of nitrogen functional groups attached to an aromatic ring is 1. The number of anilines is 1. The average molecular weight is 284 g/mol. The highest BCUT2D eigenvalue weighted by Crippen LogP contribution is 2.29. The molecule has 0 atom stereocenters. The molecule has 3 rings (SSSR count). The highest BCUT2D eigenvalue weighted by atomic mass is 16.6. The lowest BCUT2D eigenvalue weighted by molar-refractivity contribution is -0.384.